The molecule has 106 valence electrons. The molecular formula is C13H14N2O4S. The van der Waals surface area contributed by atoms with E-state index < -0.39 is 0 Å². The van der Waals surface area contributed by atoms with E-state index >= 15 is 0 Å². The first-order valence-corrected chi connectivity index (χ1v) is 6.99. The Kier molecular flexibility index (Phi) is 4.62. The van der Waals surface area contributed by atoms with Crippen molar-refractivity contribution in [1.29, 1.82) is 0 Å². The molecule has 0 fully saturated rings. The van der Waals surface area contributed by atoms with Crippen LogP contribution in [0.4, 0.5) is 0 Å². The van der Waals surface area contributed by atoms with Crippen LogP contribution >= 0.6 is 11.8 Å². The average molecular weight is 294 g/mol. The van der Waals surface area contributed by atoms with E-state index in [9.17, 15) is 9.59 Å². The van der Waals surface area contributed by atoms with E-state index in [1.54, 1.807) is 25.1 Å². The first-order valence-electron chi connectivity index (χ1n) is 6.00. The minimum atomic E-state index is -0.338. The Hall–Kier alpha value is -2.02. The zero-order valence-electron chi connectivity index (χ0n) is 11.1. The number of rotatable bonds is 5. The molecule has 1 aromatic carbocycles. The van der Waals surface area contributed by atoms with Crippen LogP contribution in [0.5, 0.6) is 5.75 Å². The normalized spacial score (nSPS) is 10.5. The van der Waals surface area contributed by atoms with Crippen molar-refractivity contribution in [3.63, 3.8) is 0 Å². The largest absolute Gasteiger partial charge is 0.497 e. The van der Waals surface area contributed by atoms with Crippen molar-refractivity contribution in [2.45, 2.75) is 12.1 Å². The van der Waals surface area contributed by atoms with Crippen molar-refractivity contribution >= 4 is 28.6 Å². The Morgan fingerprint density at radius 3 is 2.95 bits per heavy atom. The van der Waals surface area contributed by atoms with Gasteiger partial charge in [0.1, 0.15) is 5.75 Å². The number of hydrogen-bond acceptors (Lipinski definition) is 6. The smallest absolute Gasteiger partial charge is 0.316 e. The van der Waals surface area contributed by atoms with Crippen molar-refractivity contribution < 1.29 is 14.3 Å². The minimum absolute atomic E-state index is 0.110. The third kappa shape index (κ3) is 3.30. The monoisotopic (exact) mass is 294 g/mol. The third-order valence-corrected chi connectivity index (χ3v) is 3.37. The fraction of sp³-hybridized carbons (Fsp3) is 0.308. The molecule has 0 aliphatic heterocycles. The highest BCUT2D eigenvalue weighted by molar-refractivity contribution is 7.99. The lowest BCUT2D eigenvalue weighted by atomic mass is 10.2. The Labute approximate surface area is 119 Å². The molecular weight excluding hydrogens is 280 g/mol. The second kappa shape index (κ2) is 6.42. The van der Waals surface area contributed by atoms with Crippen LogP contribution in [0.25, 0.3) is 10.9 Å². The molecule has 1 N–H and O–H groups in total. The molecule has 7 heteroatoms. The molecule has 1 heterocycles. The number of aromatic nitrogens is 2. The Morgan fingerprint density at radius 2 is 2.25 bits per heavy atom. The van der Waals surface area contributed by atoms with Gasteiger partial charge in [-0.2, -0.15) is 0 Å². The van der Waals surface area contributed by atoms with Crippen LogP contribution < -0.4 is 10.3 Å². The SMILES string of the molecule is CCOC(=O)CSc1nc2ccc(OC)cc2c(=O)[nH]1. The van der Waals surface area contributed by atoms with Gasteiger partial charge in [-0.3, -0.25) is 9.59 Å². The maximum Gasteiger partial charge on any atom is 0.316 e. The third-order valence-electron chi connectivity index (χ3n) is 2.52. The summed E-state index contributed by atoms with van der Waals surface area (Å²) < 4.78 is 9.88. The molecule has 1 aromatic heterocycles. The molecule has 0 bridgehead atoms. The molecule has 0 atom stereocenters. The lowest BCUT2D eigenvalue weighted by molar-refractivity contribution is -0.139. The van der Waals surface area contributed by atoms with Crippen molar-refractivity contribution in [2.75, 3.05) is 19.5 Å². The molecule has 0 saturated carbocycles. The van der Waals surface area contributed by atoms with Gasteiger partial charge in [-0.25, -0.2) is 4.98 Å². The number of thioether (sulfide) groups is 1. The summed E-state index contributed by atoms with van der Waals surface area (Å²) in [5.41, 5.74) is 0.293. The quantitative estimate of drug-likeness (QED) is 0.512. The summed E-state index contributed by atoms with van der Waals surface area (Å²) in [4.78, 5) is 30.1. The van der Waals surface area contributed by atoms with E-state index in [-0.39, 0.29) is 17.3 Å². The van der Waals surface area contributed by atoms with Gasteiger partial charge in [-0.15, -0.1) is 0 Å². The minimum Gasteiger partial charge on any atom is -0.497 e. The highest BCUT2D eigenvalue weighted by atomic mass is 32.2. The van der Waals surface area contributed by atoms with E-state index in [4.69, 9.17) is 9.47 Å². The average Bonchev–Trinajstić information content (AvgIpc) is 2.45. The molecule has 20 heavy (non-hydrogen) atoms. The van der Waals surface area contributed by atoms with Crippen LogP contribution in [0.3, 0.4) is 0 Å². The van der Waals surface area contributed by atoms with Crippen LogP contribution in [0, 0.1) is 0 Å². The number of H-pyrrole nitrogens is 1. The van der Waals surface area contributed by atoms with Gasteiger partial charge in [0.15, 0.2) is 5.16 Å². The summed E-state index contributed by atoms with van der Waals surface area (Å²) in [7, 11) is 1.53. The maximum atomic E-state index is 12.0. The summed E-state index contributed by atoms with van der Waals surface area (Å²) in [6.07, 6.45) is 0. The second-order valence-corrected chi connectivity index (χ2v) is 4.81. The number of methoxy groups -OCH3 is 1. The number of carbonyl (C=O) groups is 1. The van der Waals surface area contributed by atoms with Gasteiger partial charge in [0.05, 0.1) is 30.4 Å². The standard InChI is InChI=1S/C13H14N2O4S/c1-3-19-11(16)7-20-13-14-10-5-4-8(18-2)6-9(10)12(17)15-13/h4-6H,3,7H2,1-2H3,(H,14,15,17). The molecule has 0 aliphatic carbocycles. The van der Waals surface area contributed by atoms with Crippen LogP contribution in [0.2, 0.25) is 0 Å². The van der Waals surface area contributed by atoms with Crippen molar-refractivity contribution in [1.82, 2.24) is 9.97 Å². The maximum absolute atomic E-state index is 12.0. The molecule has 0 unspecified atom stereocenters. The number of carbonyl (C=O) groups excluding carboxylic acids is 1. The fourth-order valence-electron chi connectivity index (χ4n) is 1.62. The molecule has 0 radical (unpaired) electrons. The van der Waals surface area contributed by atoms with Crippen LogP contribution in [-0.2, 0) is 9.53 Å². The molecule has 0 spiro atoms. The number of esters is 1. The van der Waals surface area contributed by atoms with Crippen LogP contribution in [0.15, 0.2) is 28.2 Å². The number of aromatic amines is 1. The number of ether oxygens (including phenoxy) is 2. The molecule has 6 nitrogen and oxygen atoms in total. The van der Waals surface area contributed by atoms with Crippen molar-refractivity contribution in [3.05, 3.63) is 28.6 Å². The second-order valence-electron chi connectivity index (χ2n) is 3.85. The summed E-state index contributed by atoms with van der Waals surface area (Å²) in [5, 5.41) is 0.838. The van der Waals surface area contributed by atoms with E-state index in [0.29, 0.717) is 28.4 Å². The lowest BCUT2D eigenvalue weighted by Crippen LogP contribution is -2.11. The Morgan fingerprint density at radius 1 is 1.45 bits per heavy atom. The highest BCUT2D eigenvalue weighted by Crippen LogP contribution is 2.19. The summed E-state index contributed by atoms with van der Waals surface area (Å²) >= 11 is 1.13. The topological polar surface area (TPSA) is 81.3 Å². The first-order chi connectivity index (χ1) is 9.63. The van der Waals surface area contributed by atoms with Crippen LogP contribution in [-0.4, -0.2) is 35.4 Å². The van der Waals surface area contributed by atoms with Crippen molar-refractivity contribution in [2.24, 2.45) is 0 Å². The van der Waals surface area contributed by atoms with Crippen molar-refractivity contribution in [3.8, 4) is 5.75 Å². The van der Waals surface area contributed by atoms with Gasteiger partial charge in [-0.05, 0) is 25.1 Å². The van der Waals surface area contributed by atoms with Gasteiger partial charge in [0, 0.05) is 0 Å². The van der Waals surface area contributed by atoms with E-state index in [1.807, 2.05) is 0 Å². The number of nitrogens with one attached hydrogen (secondary N) is 1. The number of nitrogens with zero attached hydrogens (tertiary/aromatic N) is 1. The summed E-state index contributed by atoms with van der Waals surface area (Å²) in [6, 6.07) is 5.06. The highest BCUT2D eigenvalue weighted by Gasteiger charge is 2.08. The number of benzene rings is 1. The molecule has 0 saturated heterocycles. The fourth-order valence-corrected chi connectivity index (χ4v) is 2.29. The zero-order chi connectivity index (χ0) is 14.5. The zero-order valence-corrected chi connectivity index (χ0v) is 12.0. The van der Waals surface area contributed by atoms with E-state index in [2.05, 4.69) is 9.97 Å². The first kappa shape index (κ1) is 14.4. The van der Waals surface area contributed by atoms with Gasteiger partial charge < -0.3 is 14.5 Å². The van der Waals surface area contributed by atoms with Gasteiger partial charge in [0.2, 0.25) is 0 Å². The summed E-state index contributed by atoms with van der Waals surface area (Å²) in [6.45, 7) is 2.08. The predicted octanol–water partition coefficient (Wildman–Crippen LogP) is 1.59. The summed E-state index contributed by atoms with van der Waals surface area (Å²) in [5.74, 6) is 0.366. The lowest BCUT2D eigenvalue weighted by Gasteiger charge is -2.04. The van der Waals surface area contributed by atoms with Gasteiger partial charge >= 0.3 is 5.97 Å². The Balaban J connectivity index is 2.24. The van der Waals surface area contributed by atoms with E-state index in [1.165, 1.54) is 7.11 Å². The molecule has 2 rings (SSSR count). The van der Waals surface area contributed by atoms with E-state index in [0.717, 1.165) is 11.8 Å². The number of hydrogen-bond donors (Lipinski definition) is 1. The molecule has 0 amide bonds. The van der Waals surface area contributed by atoms with Gasteiger partial charge in [-0.1, -0.05) is 11.8 Å². The van der Waals surface area contributed by atoms with Crippen LogP contribution in [0.1, 0.15) is 6.92 Å². The predicted molar refractivity (Wildman–Crippen MR) is 76.3 cm³/mol. The number of fused-ring (bicyclic) bond motifs is 1. The van der Waals surface area contributed by atoms with Gasteiger partial charge in [0.25, 0.3) is 5.56 Å². The molecule has 2 aromatic rings. The molecule has 0 aliphatic rings. The Bertz CT molecular complexity index is 684.